The molecule has 4 nitrogen and oxygen atoms in total. The van der Waals surface area contributed by atoms with Crippen molar-refractivity contribution in [3.05, 3.63) is 34.3 Å². The molecule has 2 N–H and O–H groups in total. The number of amides is 1. The van der Waals surface area contributed by atoms with Crippen molar-refractivity contribution >= 4 is 37.8 Å². The molecule has 0 atom stereocenters. The summed E-state index contributed by atoms with van der Waals surface area (Å²) in [6.45, 7) is 0. The zero-order valence-electron chi connectivity index (χ0n) is 8.48. The zero-order chi connectivity index (χ0) is 12.3. The third kappa shape index (κ3) is 3.46. The highest BCUT2D eigenvalue weighted by atomic mass is 79.9. The summed E-state index contributed by atoms with van der Waals surface area (Å²) in [5.41, 5.74) is 5.38. The minimum Gasteiger partial charge on any atom is -0.366 e. The summed E-state index contributed by atoms with van der Waals surface area (Å²) in [6.07, 6.45) is 3.61. The fraction of sp³-hybridized carbons (Fsp3) is 0.100. The minimum atomic E-state index is -3.34. The molecule has 0 fully saturated rings. The molecule has 0 aliphatic carbocycles. The maximum Gasteiger partial charge on any atom is 0.241 e. The van der Waals surface area contributed by atoms with Gasteiger partial charge in [-0.2, -0.15) is 0 Å². The lowest BCUT2D eigenvalue weighted by Gasteiger charge is -2.04. The van der Waals surface area contributed by atoms with Crippen LogP contribution in [0.4, 0.5) is 0 Å². The summed E-state index contributed by atoms with van der Waals surface area (Å²) in [4.78, 5) is 10.7. The fourth-order valence-corrected chi connectivity index (χ4v) is 2.56. The number of rotatable bonds is 3. The number of halogens is 1. The van der Waals surface area contributed by atoms with E-state index in [1.807, 2.05) is 0 Å². The Bertz CT molecular complexity index is 549. The van der Waals surface area contributed by atoms with E-state index in [0.717, 1.165) is 12.3 Å². The molecule has 16 heavy (non-hydrogen) atoms. The molecule has 6 heteroatoms. The SMILES string of the molecule is CS(=O)(=O)c1cc(Br)ccc1/C=C/C(N)=O. The van der Waals surface area contributed by atoms with E-state index < -0.39 is 15.7 Å². The maximum atomic E-state index is 11.5. The lowest BCUT2D eigenvalue weighted by Crippen LogP contribution is -2.06. The number of hydrogen-bond acceptors (Lipinski definition) is 3. The molecule has 0 radical (unpaired) electrons. The quantitative estimate of drug-likeness (QED) is 0.856. The van der Waals surface area contributed by atoms with Crippen molar-refractivity contribution in [2.24, 2.45) is 5.73 Å². The molecule has 1 aromatic rings. The Hall–Kier alpha value is -1.14. The van der Waals surface area contributed by atoms with Crippen LogP contribution in [-0.2, 0) is 14.6 Å². The molecule has 1 aromatic carbocycles. The third-order valence-electron chi connectivity index (χ3n) is 1.80. The molecular formula is C10H10BrNO3S. The normalized spacial score (nSPS) is 11.9. The topological polar surface area (TPSA) is 77.2 Å². The van der Waals surface area contributed by atoms with Gasteiger partial charge in [-0.05, 0) is 23.8 Å². The summed E-state index contributed by atoms with van der Waals surface area (Å²) < 4.78 is 23.6. The van der Waals surface area contributed by atoms with Crippen LogP contribution in [0.5, 0.6) is 0 Å². The molecule has 0 spiro atoms. The number of benzene rings is 1. The van der Waals surface area contributed by atoms with Gasteiger partial charge in [-0.15, -0.1) is 0 Å². The summed E-state index contributed by atoms with van der Waals surface area (Å²) in [5.74, 6) is -0.623. The van der Waals surface area contributed by atoms with Gasteiger partial charge in [-0.3, -0.25) is 4.79 Å². The molecule has 0 saturated carbocycles. The number of carbonyl (C=O) groups is 1. The maximum absolute atomic E-state index is 11.5. The van der Waals surface area contributed by atoms with Crippen molar-refractivity contribution < 1.29 is 13.2 Å². The van der Waals surface area contributed by atoms with E-state index in [9.17, 15) is 13.2 Å². The molecule has 0 heterocycles. The van der Waals surface area contributed by atoms with Gasteiger partial charge in [-0.25, -0.2) is 8.42 Å². The van der Waals surface area contributed by atoms with Gasteiger partial charge < -0.3 is 5.73 Å². The van der Waals surface area contributed by atoms with E-state index in [1.165, 1.54) is 12.1 Å². The van der Waals surface area contributed by atoms with Gasteiger partial charge in [0.1, 0.15) is 0 Å². The first-order valence-corrected chi connectivity index (χ1v) is 6.96. The van der Waals surface area contributed by atoms with Crippen LogP contribution in [0.1, 0.15) is 5.56 Å². The average Bonchev–Trinajstić information content (AvgIpc) is 2.14. The Kier molecular flexibility index (Phi) is 3.88. The summed E-state index contributed by atoms with van der Waals surface area (Å²) in [5, 5.41) is 0. The van der Waals surface area contributed by atoms with Crippen molar-refractivity contribution in [3.63, 3.8) is 0 Å². The van der Waals surface area contributed by atoms with Gasteiger partial charge >= 0.3 is 0 Å². The number of hydrogen-bond donors (Lipinski definition) is 1. The van der Waals surface area contributed by atoms with Gasteiger partial charge in [-0.1, -0.05) is 22.0 Å². The second-order valence-corrected chi connectivity index (χ2v) is 6.09. The van der Waals surface area contributed by atoms with E-state index in [1.54, 1.807) is 12.1 Å². The number of primary amides is 1. The van der Waals surface area contributed by atoms with Crippen LogP contribution in [0.15, 0.2) is 33.6 Å². The summed E-state index contributed by atoms with van der Waals surface area (Å²) >= 11 is 3.19. The molecule has 0 aliphatic rings. The molecule has 86 valence electrons. The first-order chi connectivity index (χ1) is 7.30. The molecule has 1 amide bonds. The second kappa shape index (κ2) is 4.80. The van der Waals surface area contributed by atoms with Crippen LogP contribution in [0.2, 0.25) is 0 Å². The van der Waals surface area contributed by atoms with Gasteiger partial charge in [0.05, 0.1) is 4.90 Å². The van der Waals surface area contributed by atoms with Gasteiger partial charge in [0.2, 0.25) is 5.91 Å². The average molecular weight is 304 g/mol. The third-order valence-corrected chi connectivity index (χ3v) is 3.45. The van der Waals surface area contributed by atoms with Crippen LogP contribution in [0.3, 0.4) is 0 Å². The van der Waals surface area contributed by atoms with Gasteiger partial charge in [0, 0.05) is 16.8 Å². The largest absolute Gasteiger partial charge is 0.366 e. The lowest BCUT2D eigenvalue weighted by molar-refractivity contribution is -0.113. The van der Waals surface area contributed by atoms with Crippen LogP contribution in [-0.4, -0.2) is 20.6 Å². The molecule has 0 aromatic heterocycles. The van der Waals surface area contributed by atoms with Crippen molar-refractivity contribution in [1.82, 2.24) is 0 Å². The fourth-order valence-electron chi connectivity index (χ4n) is 1.14. The van der Waals surface area contributed by atoms with Crippen LogP contribution < -0.4 is 5.73 Å². The Labute approximate surface area is 102 Å². The smallest absolute Gasteiger partial charge is 0.241 e. The van der Waals surface area contributed by atoms with Gasteiger partial charge in [0.15, 0.2) is 9.84 Å². The van der Waals surface area contributed by atoms with E-state index in [0.29, 0.717) is 10.0 Å². The number of sulfone groups is 1. The van der Waals surface area contributed by atoms with E-state index >= 15 is 0 Å². The minimum absolute atomic E-state index is 0.152. The predicted octanol–water partition coefficient (Wildman–Crippen LogP) is 1.35. The number of carbonyl (C=O) groups excluding carboxylic acids is 1. The number of nitrogens with two attached hydrogens (primary N) is 1. The van der Waals surface area contributed by atoms with Crippen molar-refractivity contribution in [2.75, 3.05) is 6.26 Å². The Morgan fingerprint density at radius 3 is 2.56 bits per heavy atom. The highest BCUT2D eigenvalue weighted by molar-refractivity contribution is 9.10. The molecular weight excluding hydrogens is 294 g/mol. The highest BCUT2D eigenvalue weighted by Gasteiger charge is 2.11. The standard InChI is InChI=1S/C10H10BrNO3S/c1-16(14,15)9-6-8(11)4-2-7(9)3-5-10(12)13/h2-6H,1H3,(H2,12,13)/b5-3+. The first kappa shape index (κ1) is 12.9. The predicted molar refractivity (Wildman–Crippen MR) is 65.5 cm³/mol. The van der Waals surface area contributed by atoms with E-state index in [4.69, 9.17) is 5.73 Å². The molecule has 1 rings (SSSR count). The van der Waals surface area contributed by atoms with Crippen LogP contribution in [0.25, 0.3) is 6.08 Å². The van der Waals surface area contributed by atoms with Crippen LogP contribution >= 0.6 is 15.9 Å². The van der Waals surface area contributed by atoms with Crippen LogP contribution in [0, 0.1) is 0 Å². The monoisotopic (exact) mass is 303 g/mol. The zero-order valence-corrected chi connectivity index (χ0v) is 10.9. The van der Waals surface area contributed by atoms with Gasteiger partial charge in [0.25, 0.3) is 0 Å². The van der Waals surface area contributed by atoms with Crippen molar-refractivity contribution in [3.8, 4) is 0 Å². The lowest BCUT2D eigenvalue weighted by atomic mass is 10.2. The Morgan fingerprint density at radius 2 is 2.06 bits per heavy atom. The second-order valence-electron chi connectivity index (χ2n) is 3.19. The van der Waals surface area contributed by atoms with E-state index in [-0.39, 0.29) is 4.90 Å². The highest BCUT2D eigenvalue weighted by Crippen LogP contribution is 2.22. The van der Waals surface area contributed by atoms with Crippen molar-refractivity contribution in [2.45, 2.75) is 4.90 Å². The molecule has 0 bridgehead atoms. The first-order valence-electron chi connectivity index (χ1n) is 4.28. The summed E-state index contributed by atoms with van der Waals surface area (Å²) in [6, 6.07) is 4.77. The van der Waals surface area contributed by atoms with E-state index in [2.05, 4.69) is 15.9 Å². The molecule has 0 unspecified atom stereocenters. The summed E-state index contributed by atoms with van der Waals surface area (Å²) in [7, 11) is -3.34. The molecule has 0 aliphatic heterocycles. The Morgan fingerprint density at radius 1 is 1.44 bits per heavy atom. The Balaban J connectivity index is 3.35. The van der Waals surface area contributed by atoms with Crippen molar-refractivity contribution in [1.29, 1.82) is 0 Å². The molecule has 0 saturated heterocycles.